The van der Waals surface area contributed by atoms with Crippen molar-refractivity contribution in [3.05, 3.63) is 0 Å². The standard InChI is InChI=1S/C10H23N3O2S2/c1-9(16-2)8-12-17(14,15)13-6-4-3-5-10(13)7-11/h9-10,12H,3-8,11H2,1-2H3. The minimum Gasteiger partial charge on any atom is -0.329 e. The van der Waals surface area contributed by atoms with Gasteiger partial charge in [0.25, 0.3) is 10.2 Å². The first-order valence-corrected chi connectivity index (χ1v) is 8.73. The van der Waals surface area contributed by atoms with Gasteiger partial charge in [-0.15, -0.1) is 0 Å². The summed E-state index contributed by atoms with van der Waals surface area (Å²) < 4.78 is 28.4. The molecule has 0 aromatic rings. The molecule has 1 aliphatic heterocycles. The second-order valence-corrected chi connectivity index (χ2v) is 7.38. The van der Waals surface area contributed by atoms with Crippen molar-refractivity contribution in [2.75, 3.05) is 25.9 Å². The van der Waals surface area contributed by atoms with E-state index < -0.39 is 10.2 Å². The third kappa shape index (κ3) is 4.40. The van der Waals surface area contributed by atoms with Crippen LogP contribution in [0.2, 0.25) is 0 Å². The van der Waals surface area contributed by atoms with E-state index >= 15 is 0 Å². The van der Waals surface area contributed by atoms with Gasteiger partial charge >= 0.3 is 0 Å². The van der Waals surface area contributed by atoms with E-state index in [9.17, 15) is 8.42 Å². The molecular weight excluding hydrogens is 258 g/mol. The van der Waals surface area contributed by atoms with Crippen molar-refractivity contribution >= 4 is 22.0 Å². The molecule has 1 aliphatic rings. The smallest absolute Gasteiger partial charge is 0.279 e. The Labute approximate surface area is 109 Å². The van der Waals surface area contributed by atoms with Gasteiger partial charge in [-0.1, -0.05) is 13.3 Å². The highest BCUT2D eigenvalue weighted by Gasteiger charge is 2.31. The number of rotatable bonds is 6. The van der Waals surface area contributed by atoms with Crippen LogP contribution < -0.4 is 10.5 Å². The summed E-state index contributed by atoms with van der Waals surface area (Å²) in [6, 6.07) is -0.0363. The van der Waals surface area contributed by atoms with Gasteiger partial charge in [-0.25, -0.2) is 4.72 Å². The molecule has 17 heavy (non-hydrogen) atoms. The average Bonchev–Trinajstić information content (AvgIpc) is 2.35. The van der Waals surface area contributed by atoms with E-state index in [4.69, 9.17) is 5.73 Å². The van der Waals surface area contributed by atoms with E-state index in [1.54, 1.807) is 11.8 Å². The molecule has 2 unspecified atom stereocenters. The number of piperidine rings is 1. The van der Waals surface area contributed by atoms with Crippen LogP contribution in [0, 0.1) is 0 Å². The molecular formula is C10H23N3O2S2. The molecule has 7 heteroatoms. The summed E-state index contributed by atoms with van der Waals surface area (Å²) in [4.78, 5) is 0. The Morgan fingerprint density at radius 3 is 2.82 bits per heavy atom. The molecule has 0 saturated carbocycles. The lowest BCUT2D eigenvalue weighted by Crippen LogP contribution is -2.52. The van der Waals surface area contributed by atoms with Crippen LogP contribution in [0.4, 0.5) is 0 Å². The van der Waals surface area contributed by atoms with E-state index in [0.29, 0.717) is 19.6 Å². The molecule has 5 nitrogen and oxygen atoms in total. The zero-order chi connectivity index (χ0) is 12.9. The summed E-state index contributed by atoms with van der Waals surface area (Å²) in [5.74, 6) is 0. The largest absolute Gasteiger partial charge is 0.329 e. The lowest BCUT2D eigenvalue weighted by Gasteiger charge is -2.34. The second-order valence-electron chi connectivity index (χ2n) is 4.40. The van der Waals surface area contributed by atoms with Crippen molar-refractivity contribution in [2.24, 2.45) is 5.73 Å². The zero-order valence-corrected chi connectivity index (χ0v) is 12.2. The predicted octanol–water partition coefficient (Wildman–Crippen LogP) is 0.386. The van der Waals surface area contributed by atoms with Gasteiger partial charge in [0.1, 0.15) is 0 Å². The van der Waals surface area contributed by atoms with E-state index in [-0.39, 0.29) is 11.3 Å². The van der Waals surface area contributed by atoms with Crippen molar-refractivity contribution in [1.29, 1.82) is 0 Å². The summed E-state index contributed by atoms with van der Waals surface area (Å²) in [6.45, 7) is 3.46. The Morgan fingerprint density at radius 1 is 1.53 bits per heavy atom. The van der Waals surface area contributed by atoms with Crippen molar-refractivity contribution in [2.45, 2.75) is 37.5 Å². The van der Waals surface area contributed by atoms with Crippen molar-refractivity contribution in [3.63, 3.8) is 0 Å². The maximum absolute atomic E-state index is 12.1. The van der Waals surface area contributed by atoms with Crippen LogP contribution in [0.5, 0.6) is 0 Å². The summed E-state index contributed by atoms with van der Waals surface area (Å²) >= 11 is 1.65. The van der Waals surface area contributed by atoms with Gasteiger partial charge in [-0.2, -0.15) is 24.5 Å². The van der Waals surface area contributed by atoms with Gasteiger partial charge in [-0.3, -0.25) is 0 Å². The predicted molar refractivity (Wildman–Crippen MR) is 73.3 cm³/mol. The van der Waals surface area contributed by atoms with Crippen LogP contribution in [-0.4, -0.2) is 49.9 Å². The molecule has 0 aromatic heterocycles. The van der Waals surface area contributed by atoms with Gasteiger partial charge in [0, 0.05) is 30.9 Å². The third-order valence-corrected chi connectivity index (χ3v) is 5.71. The van der Waals surface area contributed by atoms with Gasteiger partial charge in [0.2, 0.25) is 0 Å². The van der Waals surface area contributed by atoms with E-state index in [2.05, 4.69) is 4.72 Å². The first-order chi connectivity index (χ1) is 8.01. The van der Waals surface area contributed by atoms with Crippen molar-refractivity contribution in [3.8, 4) is 0 Å². The van der Waals surface area contributed by atoms with Crippen LogP contribution in [0.3, 0.4) is 0 Å². The van der Waals surface area contributed by atoms with Crippen molar-refractivity contribution in [1.82, 2.24) is 9.03 Å². The fourth-order valence-corrected chi connectivity index (χ4v) is 3.85. The third-order valence-electron chi connectivity index (χ3n) is 3.11. The molecule has 0 spiro atoms. The molecule has 102 valence electrons. The zero-order valence-electron chi connectivity index (χ0n) is 10.6. The van der Waals surface area contributed by atoms with E-state index in [1.807, 2.05) is 13.2 Å². The van der Waals surface area contributed by atoms with Gasteiger partial charge < -0.3 is 5.73 Å². The number of hydrogen-bond donors (Lipinski definition) is 2. The highest BCUT2D eigenvalue weighted by molar-refractivity contribution is 7.99. The fourth-order valence-electron chi connectivity index (χ4n) is 1.91. The lowest BCUT2D eigenvalue weighted by atomic mass is 10.1. The lowest BCUT2D eigenvalue weighted by molar-refractivity contribution is 0.254. The van der Waals surface area contributed by atoms with Crippen molar-refractivity contribution < 1.29 is 8.42 Å². The van der Waals surface area contributed by atoms with Crippen LogP contribution in [0.15, 0.2) is 0 Å². The highest BCUT2D eigenvalue weighted by Crippen LogP contribution is 2.19. The first-order valence-electron chi connectivity index (χ1n) is 6.00. The second kappa shape index (κ2) is 6.94. The summed E-state index contributed by atoms with van der Waals surface area (Å²) in [6.07, 6.45) is 4.84. The number of hydrogen-bond acceptors (Lipinski definition) is 4. The van der Waals surface area contributed by atoms with Crippen LogP contribution in [0.25, 0.3) is 0 Å². The van der Waals surface area contributed by atoms with Crippen LogP contribution >= 0.6 is 11.8 Å². The van der Waals surface area contributed by atoms with E-state index in [1.165, 1.54) is 4.31 Å². The first kappa shape index (κ1) is 15.2. The van der Waals surface area contributed by atoms with E-state index in [0.717, 1.165) is 19.3 Å². The Kier molecular flexibility index (Phi) is 6.22. The van der Waals surface area contributed by atoms with Crippen LogP contribution in [-0.2, 0) is 10.2 Å². The Bertz CT molecular complexity index is 322. The summed E-state index contributed by atoms with van der Waals surface area (Å²) in [7, 11) is -3.36. The molecule has 0 amide bonds. The maximum atomic E-state index is 12.1. The molecule has 0 bridgehead atoms. The molecule has 1 saturated heterocycles. The fraction of sp³-hybridized carbons (Fsp3) is 1.00. The van der Waals surface area contributed by atoms with Gasteiger partial charge in [0.15, 0.2) is 0 Å². The Balaban J connectivity index is 2.61. The molecule has 1 fully saturated rings. The average molecular weight is 281 g/mol. The van der Waals surface area contributed by atoms with Crippen LogP contribution in [0.1, 0.15) is 26.2 Å². The maximum Gasteiger partial charge on any atom is 0.279 e. The molecule has 1 heterocycles. The number of nitrogens with one attached hydrogen (secondary N) is 1. The monoisotopic (exact) mass is 281 g/mol. The Hall–Kier alpha value is 0.180. The molecule has 0 aromatic carbocycles. The molecule has 2 atom stereocenters. The molecule has 1 rings (SSSR count). The van der Waals surface area contributed by atoms with Gasteiger partial charge in [-0.05, 0) is 19.1 Å². The number of thioether (sulfide) groups is 1. The summed E-state index contributed by atoms with van der Waals surface area (Å²) in [5.41, 5.74) is 5.63. The quantitative estimate of drug-likeness (QED) is 0.738. The molecule has 0 aliphatic carbocycles. The topological polar surface area (TPSA) is 75.4 Å². The summed E-state index contributed by atoms with van der Waals surface area (Å²) in [5, 5.41) is 0.283. The minimum absolute atomic E-state index is 0.0363. The minimum atomic E-state index is -3.36. The molecule has 3 N–H and O–H groups in total. The number of nitrogens with zero attached hydrogens (tertiary/aromatic N) is 1. The number of nitrogens with two attached hydrogens (primary N) is 1. The molecule has 0 radical (unpaired) electrons. The highest BCUT2D eigenvalue weighted by atomic mass is 32.2. The Morgan fingerprint density at radius 2 is 2.24 bits per heavy atom. The normalized spacial score (nSPS) is 24.8. The van der Waals surface area contributed by atoms with Gasteiger partial charge in [0.05, 0.1) is 0 Å². The SMILES string of the molecule is CSC(C)CNS(=O)(=O)N1CCCCC1CN.